The standard InChI is InChI=1S/C23H27NO3/c1-16-8-7-9-17(2)24(16)23(26)18(3)27-21-14-12-20(13-15-21)22(25)19-10-5-4-6-11-19/h4-6,10-18H,7-9H2,1-3H3/t16-,17-,18-/m1/s1. The summed E-state index contributed by atoms with van der Waals surface area (Å²) < 4.78 is 5.86. The highest BCUT2D eigenvalue weighted by Gasteiger charge is 2.32. The van der Waals surface area contributed by atoms with E-state index < -0.39 is 6.10 Å². The minimum absolute atomic E-state index is 0.0257. The Hall–Kier alpha value is -2.62. The third-order valence-corrected chi connectivity index (χ3v) is 5.26. The molecule has 1 amide bonds. The van der Waals surface area contributed by atoms with E-state index in [0.717, 1.165) is 19.3 Å². The molecule has 0 bridgehead atoms. The molecule has 1 aliphatic heterocycles. The lowest BCUT2D eigenvalue weighted by Crippen LogP contribution is -2.51. The first kappa shape index (κ1) is 19.2. The third kappa shape index (κ3) is 4.38. The molecule has 0 N–H and O–H groups in total. The highest BCUT2D eigenvalue weighted by molar-refractivity contribution is 6.08. The minimum Gasteiger partial charge on any atom is -0.481 e. The smallest absolute Gasteiger partial charge is 0.263 e. The summed E-state index contributed by atoms with van der Waals surface area (Å²) in [7, 11) is 0. The van der Waals surface area contributed by atoms with Gasteiger partial charge in [0, 0.05) is 23.2 Å². The molecule has 2 aromatic carbocycles. The predicted molar refractivity (Wildman–Crippen MR) is 106 cm³/mol. The Bertz CT molecular complexity index is 775. The number of ketones is 1. The molecule has 0 aromatic heterocycles. The minimum atomic E-state index is -0.552. The number of amides is 1. The van der Waals surface area contributed by atoms with Crippen molar-refractivity contribution in [2.45, 2.75) is 58.2 Å². The number of nitrogens with zero attached hydrogens (tertiary/aromatic N) is 1. The topological polar surface area (TPSA) is 46.6 Å². The van der Waals surface area contributed by atoms with Crippen LogP contribution < -0.4 is 4.74 Å². The number of hydrogen-bond acceptors (Lipinski definition) is 3. The van der Waals surface area contributed by atoms with Crippen molar-refractivity contribution in [3.63, 3.8) is 0 Å². The van der Waals surface area contributed by atoms with Crippen LogP contribution in [0.2, 0.25) is 0 Å². The summed E-state index contributed by atoms with van der Waals surface area (Å²) in [5.41, 5.74) is 1.26. The Morgan fingerprint density at radius 3 is 2.07 bits per heavy atom. The molecule has 0 radical (unpaired) electrons. The van der Waals surface area contributed by atoms with Crippen molar-refractivity contribution in [1.29, 1.82) is 0 Å². The van der Waals surface area contributed by atoms with Gasteiger partial charge in [0.1, 0.15) is 5.75 Å². The monoisotopic (exact) mass is 365 g/mol. The van der Waals surface area contributed by atoms with E-state index in [1.165, 1.54) is 0 Å². The third-order valence-electron chi connectivity index (χ3n) is 5.26. The van der Waals surface area contributed by atoms with Gasteiger partial charge in [0.2, 0.25) is 0 Å². The summed E-state index contributed by atoms with van der Waals surface area (Å²) in [4.78, 5) is 27.3. The van der Waals surface area contributed by atoms with Crippen LogP contribution in [0.1, 0.15) is 56.0 Å². The molecule has 3 atom stereocenters. The van der Waals surface area contributed by atoms with Crippen molar-refractivity contribution in [1.82, 2.24) is 4.90 Å². The van der Waals surface area contributed by atoms with Crippen molar-refractivity contribution in [3.05, 3.63) is 65.7 Å². The van der Waals surface area contributed by atoms with E-state index in [1.807, 2.05) is 23.1 Å². The average Bonchev–Trinajstić information content (AvgIpc) is 2.68. The van der Waals surface area contributed by atoms with Crippen molar-refractivity contribution >= 4 is 11.7 Å². The number of carbonyl (C=O) groups is 2. The Labute approximate surface area is 161 Å². The van der Waals surface area contributed by atoms with Crippen molar-refractivity contribution in [2.24, 2.45) is 0 Å². The summed E-state index contributed by atoms with van der Waals surface area (Å²) in [6, 6.07) is 16.7. The van der Waals surface area contributed by atoms with Gasteiger partial charge in [-0.2, -0.15) is 0 Å². The van der Waals surface area contributed by atoms with E-state index in [4.69, 9.17) is 4.74 Å². The van der Waals surface area contributed by atoms with Gasteiger partial charge in [-0.15, -0.1) is 0 Å². The maximum Gasteiger partial charge on any atom is 0.263 e. The Kier molecular flexibility index (Phi) is 5.94. The molecule has 27 heavy (non-hydrogen) atoms. The highest BCUT2D eigenvalue weighted by atomic mass is 16.5. The maximum atomic E-state index is 12.8. The van der Waals surface area contributed by atoms with Crippen LogP contribution in [0.5, 0.6) is 5.75 Å². The number of carbonyl (C=O) groups excluding carboxylic acids is 2. The summed E-state index contributed by atoms with van der Waals surface area (Å²) in [6.45, 7) is 5.99. The van der Waals surface area contributed by atoms with Crippen molar-refractivity contribution < 1.29 is 14.3 Å². The fraction of sp³-hybridized carbons (Fsp3) is 0.391. The lowest BCUT2D eigenvalue weighted by Gasteiger charge is -2.40. The van der Waals surface area contributed by atoms with Crippen LogP contribution in [0.3, 0.4) is 0 Å². The molecule has 4 heteroatoms. The molecular formula is C23H27NO3. The molecule has 1 aliphatic rings. The van der Waals surface area contributed by atoms with Crippen LogP contribution >= 0.6 is 0 Å². The van der Waals surface area contributed by atoms with Gasteiger partial charge in [0.15, 0.2) is 11.9 Å². The molecule has 4 nitrogen and oxygen atoms in total. The first-order valence-corrected chi connectivity index (χ1v) is 9.66. The fourth-order valence-electron chi connectivity index (χ4n) is 3.76. The molecule has 1 heterocycles. The second kappa shape index (κ2) is 8.38. The van der Waals surface area contributed by atoms with E-state index in [1.54, 1.807) is 43.3 Å². The average molecular weight is 365 g/mol. The lowest BCUT2D eigenvalue weighted by molar-refractivity contribution is -0.144. The SMILES string of the molecule is C[C@@H]1CCC[C@@H](C)N1C(=O)[C@@H](C)Oc1ccc(C(=O)c2ccccc2)cc1. The number of likely N-dealkylation sites (tertiary alicyclic amines) is 1. The summed E-state index contributed by atoms with van der Waals surface area (Å²) >= 11 is 0. The molecule has 1 fully saturated rings. The molecule has 1 saturated heterocycles. The maximum absolute atomic E-state index is 12.8. The van der Waals surface area contributed by atoms with Crippen LogP contribution in [-0.2, 0) is 4.79 Å². The first-order chi connectivity index (χ1) is 13.0. The van der Waals surface area contributed by atoms with Crippen LogP contribution in [0.15, 0.2) is 54.6 Å². The Morgan fingerprint density at radius 1 is 0.926 bits per heavy atom. The second-order valence-corrected chi connectivity index (χ2v) is 7.35. The summed E-state index contributed by atoms with van der Waals surface area (Å²) in [5, 5.41) is 0. The number of piperidine rings is 1. The van der Waals surface area contributed by atoms with Crippen LogP contribution in [0.25, 0.3) is 0 Å². The fourth-order valence-corrected chi connectivity index (χ4v) is 3.76. The van der Waals surface area contributed by atoms with E-state index in [-0.39, 0.29) is 23.8 Å². The highest BCUT2D eigenvalue weighted by Crippen LogP contribution is 2.24. The lowest BCUT2D eigenvalue weighted by atomic mass is 9.97. The van der Waals surface area contributed by atoms with Gasteiger partial charge >= 0.3 is 0 Å². The van der Waals surface area contributed by atoms with Gasteiger partial charge < -0.3 is 9.64 Å². The molecule has 3 rings (SSSR count). The normalized spacial score (nSPS) is 20.8. The molecule has 2 aromatic rings. The number of rotatable bonds is 5. The Balaban J connectivity index is 1.65. The van der Waals surface area contributed by atoms with E-state index >= 15 is 0 Å². The second-order valence-electron chi connectivity index (χ2n) is 7.35. The van der Waals surface area contributed by atoms with Crippen LogP contribution in [0.4, 0.5) is 0 Å². The quantitative estimate of drug-likeness (QED) is 0.734. The Morgan fingerprint density at radius 2 is 1.48 bits per heavy atom. The summed E-state index contributed by atoms with van der Waals surface area (Å²) in [6.07, 6.45) is 2.69. The zero-order chi connectivity index (χ0) is 19.4. The predicted octanol–water partition coefficient (Wildman–Crippen LogP) is 4.47. The zero-order valence-corrected chi connectivity index (χ0v) is 16.2. The van der Waals surface area contributed by atoms with Crippen LogP contribution in [0, 0.1) is 0 Å². The van der Waals surface area contributed by atoms with Gasteiger partial charge in [0.25, 0.3) is 5.91 Å². The number of hydrogen-bond donors (Lipinski definition) is 0. The van der Waals surface area contributed by atoms with Crippen molar-refractivity contribution in [3.8, 4) is 5.75 Å². The van der Waals surface area contributed by atoms with Gasteiger partial charge in [-0.1, -0.05) is 30.3 Å². The number of ether oxygens (including phenoxy) is 1. The van der Waals surface area contributed by atoms with E-state index in [2.05, 4.69) is 13.8 Å². The molecule has 0 saturated carbocycles. The van der Waals surface area contributed by atoms with Gasteiger partial charge in [-0.3, -0.25) is 9.59 Å². The van der Waals surface area contributed by atoms with Gasteiger partial charge in [-0.05, 0) is 64.3 Å². The number of benzene rings is 2. The molecule has 0 spiro atoms. The van der Waals surface area contributed by atoms with E-state index in [9.17, 15) is 9.59 Å². The molecule has 0 unspecified atom stereocenters. The molecule has 0 aliphatic carbocycles. The van der Waals surface area contributed by atoms with Gasteiger partial charge in [-0.25, -0.2) is 0 Å². The van der Waals surface area contributed by atoms with Gasteiger partial charge in [0.05, 0.1) is 0 Å². The van der Waals surface area contributed by atoms with Crippen LogP contribution in [-0.4, -0.2) is 34.8 Å². The van der Waals surface area contributed by atoms with Crippen molar-refractivity contribution in [2.75, 3.05) is 0 Å². The summed E-state index contributed by atoms with van der Waals surface area (Å²) in [5.74, 6) is 0.596. The largest absolute Gasteiger partial charge is 0.481 e. The first-order valence-electron chi connectivity index (χ1n) is 9.66. The zero-order valence-electron chi connectivity index (χ0n) is 16.2. The molecular weight excluding hydrogens is 338 g/mol. The van der Waals surface area contributed by atoms with E-state index in [0.29, 0.717) is 16.9 Å². The molecule has 142 valence electrons.